The molecule has 2 atom stereocenters. The van der Waals surface area contributed by atoms with Crippen LogP contribution < -0.4 is 14.8 Å². The van der Waals surface area contributed by atoms with Crippen LogP contribution in [0.5, 0.6) is 11.5 Å². The van der Waals surface area contributed by atoms with Gasteiger partial charge < -0.3 is 14.8 Å². The van der Waals surface area contributed by atoms with Crippen molar-refractivity contribution < 1.29 is 10.9 Å². The summed E-state index contributed by atoms with van der Waals surface area (Å²) in [6.07, 6.45) is 3.08. The van der Waals surface area contributed by atoms with Crippen LogP contribution >= 0.6 is 23.5 Å². The summed E-state index contributed by atoms with van der Waals surface area (Å²) in [5, 5.41) is 7.77. The maximum absolute atomic E-state index is 5.47. The summed E-state index contributed by atoms with van der Waals surface area (Å²) in [5.41, 5.74) is 6.08. The lowest BCUT2D eigenvalue weighted by molar-refractivity contribution is 0.405. The first kappa shape index (κ1) is 16.9. The van der Waals surface area contributed by atoms with Crippen molar-refractivity contribution in [3.05, 3.63) is 46.9 Å². The Kier molecular flexibility index (Phi) is 3.82. The van der Waals surface area contributed by atoms with Gasteiger partial charge in [0.25, 0.3) is 0 Å². The highest BCUT2D eigenvalue weighted by Gasteiger charge is 2.64. The maximum Gasteiger partial charge on any atom is 0.178 e. The van der Waals surface area contributed by atoms with Gasteiger partial charge in [0.05, 0.1) is 31.3 Å². The second-order valence-corrected chi connectivity index (χ2v) is 8.63. The molecule has 27 heavy (non-hydrogen) atoms. The average Bonchev–Trinajstić information content (AvgIpc) is 3.02. The molecule has 1 saturated carbocycles. The minimum absolute atomic E-state index is 0. The first-order chi connectivity index (χ1) is 13.1. The molecular formula is C19H20N4O2S2. The van der Waals surface area contributed by atoms with E-state index in [1.54, 1.807) is 37.7 Å². The molecule has 1 aromatic rings. The molecule has 0 bridgehead atoms. The quantitative estimate of drug-likeness (QED) is 0.763. The number of hydrogen-bond donors (Lipinski definition) is 1. The number of methoxy groups -OCH3 is 2. The first-order valence-electron chi connectivity index (χ1n) is 8.58. The number of fused-ring (bicyclic) bond motifs is 2. The number of anilines is 1. The van der Waals surface area contributed by atoms with E-state index in [2.05, 4.69) is 32.5 Å². The Labute approximate surface area is 167 Å². The van der Waals surface area contributed by atoms with E-state index in [1.165, 1.54) is 0 Å². The molecule has 3 aliphatic heterocycles. The smallest absolute Gasteiger partial charge is 0.178 e. The standard InChI is InChI=1S/C19H18N4O2S2.H2/c1-11-8-15(23-6-7-26-18(23)20-11)19-10-16(19)27-17(22-19)21-13-9-12(24-2)4-5-14(13)25-3;/h4-7,9,16H,10H2,1-3H3,(H,21,22);1H. The second-order valence-electron chi connectivity index (χ2n) is 6.57. The Bertz CT molecular complexity index is 1000. The van der Waals surface area contributed by atoms with Crippen molar-refractivity contribution in [3.63, 3.8) is 0 Å². The van der Waals surface area contributed by atoms with E-state index in [1.807, 2.05) is 25.1 Å². The summed E-state index contributed by atoms with van der Waals surface area (Å²) < 4.78 is 10.8. The molecule has 1 aromatic carbocycles. The normalized spacial score (nSPS) is 27.2. The molecule has 0 aromatic heterocycles. The lowest BCUT2D eigenvalue weighted by Crippen LogP contribution is -2.30. The van der Waals surface area contributed by atoms with Gasteiger partial charge in [-0.25, -0.2) is 9.98 Å². The summed E-state index contributed by atoms with van der Waals surface area (Å²) in [5.74, 6) is 1.53. The second kappa shape index (κ2) is 6.12. The van der Waals surface area contributed by atoms with Gasteiger partial charge in [0, 0.05) is 18.9 Å². The Morgan fingerprint density at radius 2 is 2.26 bits per heavy atom. The van der Waals surface area contributed by atoms with Crippen LogP contribution in [0, 0.1) is 0 Å². The fraction of sp³-hybridized carbons (Fsp3) is 0.316. The third-order valence-electron chi connectivity index (χ3n) is 4.88. The van der Waals surface area contributed by atoms with Gasteiger partial charge in [0.1, 0.15) is 17.0 Å². The summed E-state index contributed by atoms with van der Waals surface area (Å²) in [7, 11) is 3.32. The zero-order valence-corrected chi connectivity index (χ0v) is 16.8. The van der Waals surface area contributed by atoms with Crippen molar-refractivity contribution in [1.29, 1.82) is 0 Å². The number of thioether (sulfide) groups is 2. The number of ether oxygens (including phenoxy) is 2. The largest absolute Gasteiger partial charge is 0.497 e. The first-order valence-corrected chi connectivity index (χ1v) is 10.3. The zero-order chi connectivity index (χ0) is 18.6. The van der Waals surface area contributed by atoms with Crippen LogP contribution in [-0.4, -0.2) is 40.2 Å². The van der Waals surface area contributed by atoms with Gasteiger partial charge in [-0.05, 0) is 30.9 Å². The minimum atomic E-state index is -0.225. The number of amidine groups is 2. The molecule has 3 heterocycles. The molecule has 4 aliphatic rings. The van der Waals surface area contributed by atoms with Gasteiger partial charge >= 0.3 is 0 Å². The highest BCUT2D eigenvalue weighted by atomic mass is 32.2. The topological polar surface area (TPSA) is 58.5 Å². The maximum atomic E-state index is 5.47. The van der Waals surface area contributed by atoms with Crippen LogP contribution in [0.25, 0.3) is 0 Å². The number of rotatable bonds is 4. The van der Waals surface area contributed by atoms with Crippen LogP contribution in [0.1, 0.15) is 14.8 Å². The Balaban J connectivity index is 0.00000192. The summed E-state index contributed by atoms with van der Waals surface area (Å²) in [6.45, 7) is 1.99. The van der Waals surface area contributed by atoms with Crippen molar-refractivity contribution in [2.75, 3.05) is 19.5 Å². The molecule has 0 radical (unpaired) electrons. The number of nitrogens with one attached hydrogen (secondary N) is 1. The Hall–Kier alpha value is -2.28. The highest BCUT2D eigenvalue weighted by Crippen LogP contribution is 2.60. The number of hydrogen-bond acceptors (Lipinski definition) is 8. The summed E-state index contributed by atoms with van der Waals surface area (Å²) in [6, 6.07) is 5.70. The lowest BCUT2D eigenvalue weighted by atomic mass is 10.1. The molecule has 1 fully saturated rings. The van der Waals surface area contributed by atoms with Crippen LogP contribution in [0.15, 0.2) is 56.9 Å². The monoisotopic (exact) mass is 400 g/mol. The number of nitrogens with zero attached hydrogens (tertiary/aromatic N) is 3. The number of benzene rings is 1. The van der Waals surface area contributed by atoms with E-state index < -0.39 is 0 Å². The van der Waals surface area contributed by atoms with Gasteiger partial charge in [0.2, 0.25) is 0 Å². The van der Waals surface area contributed by atoms with Crippen molar-refractivity contribution in [1.82, 2.24) is 4.90 Å². The predicted octanol–water partition coefficient (Wildman–Crippen LogP) is 4.25. The van der Waals surface area contributed by atoms with Crippen molar-refractivity contribution in [3.8, 4) is 11.5 Å². The SMILES string of the molecule is COc1ccc(OC)c(NC2=NC3(C4=C=C(C)N=C5SC=CN45)CC3S2)c1.[HH]. The molecule has 1 N–H and O–H groups in total. The molecule has 0 saturated heterocycles. The van der Waals surface area contributed by atoms with Crippen LogP contribution in [0.4, 0.5) is 5.69 Å². The molecule has 5 rings (SSSR count). The summed E-state index contributed by atoms with van der Waals surface area (Å²) in [4.78, 5) is 11.8. The van der Waals surface area contributed by atoms with Crippen LogP contribution in [-0.2, 0) is 0 Å². The average molecular weight is 401 g/mol. The fourth-order valence-electron chi connectivity index (χ4n) is 3.45. The van der Waals surface area contributed by atoms with E-state index in [0.29, 0.717) is 5.25 Å². The third kappa shape index (κ3) is 2.67. The van der Waals surface area contributed by atoms with Gasteiger partial charge in [-0.3, -0.25) is 4.90 Å². The van der Waals surface area contributed by atoms with E-state index in [0.717, 1.165) is 45.3 Å². The molecule has 6 nitrogen and oxygen atoms in total. The molecule has 140 valence electrons. The molecule has 0 spiro atoms. The number of aliphatic imine (C=N–C) groups is 2. The molecule has 1 aliphatic carbocycles. The molecular weight excluding hydrogens is 380 g/mol. The van der Waals surface area contributed by atoms with Crippen LogP contribution in [0.3, 0.4) is 0 Å². The van der Waals surface area contributed by atoms with Gasteiger partial charge in [0.15, 0.2) is 10.3 Å². The predicted molar refractivity (Wildman–Crippen MR) is 114 cm³/mol. The zero-order valence-electron chi connectivity index (χ0n) is 15.1. The van der Waals surface area contributed by atoms with Gasteiger partial charge in [-0.15, -0.1) is 0 Å². The van der Waals surface area contributed by atoms with E-state index in [9.17, 15) is 0 Å². The van der Waals surface area contributed by atoms with E-state index in [4.69, 9.17) is 14.5 Å². The Morgan fingerprint density at radius 3 is 3.07 bits per heavy atom. The highest BCUT2D eigenvalue weighted by molar-refractivity contribution is 8.16. The van der Waals surface area contributed by atoms with Gasteiger partial charge in [-0.2, -0.15) is 0 Å². The Morgan fingerprint density at radius 1 is 1.37 bits per heavy atom. The van der Waals surface area contributed by atoms with Crippen molar-refractivity contribution in [2.45, 2.75) is 24.1 Å². The molecule has 2 unspecified atom stereocenters. The van der Waals surface area contributed by atoms with E-state index >= 15 is 0 Å². The lowest BCUT2D eigenvalue weighted by Gasteiger charge is -2.25. The fourth-order valence-corrected chi connectivity index (χ4v) is 5.56. The van der Waals surface area contributed by atoms with Crippen LogP contribution in [0.2, 0.25) is 0 Å². The minimum Gasteiger partial charge on any atom is -0.497 e. The van der Waals surface area contributed by atoms with E-state index in [-0.39, 0.29) is 6.97 Å². The summed E-state index contributed by atoms with van der Waals surface area (Å²) >= 11 is 3.40. The third-order valence-corrected chi connectivity index (χ3v) is 6.89. The van der Waals surface area contributed by atoms with Crippen molar-refractivity contribution in [2.24, 2.45) is 9.98 Å². The molecule has 0 amide bonds. The van der Waals surface area contributed by atoms with Crippen molar-refractivity contribution >= 4 is 39.5 Å². The molecule has 8 heteroatoms. The van der Waals surface area contributed by atoms with Gasteiger partial charge in [-0.1, -0.05) is 29.3 Å².